The van der Waals surface area contributed by atoms with Crippen LogP contribution < -0.4 is 5.32 Å². The molecule has 0 atom stereocenters. The highest BCUT2D eigenvalue weighted by Gasteiger charge is 2.33. The van der Waals surface area contributed by atoms with Gasteiger partial charge < -0.3 is 10.4 Å². The molecule has 1 aliphatic carbocycles. The number of halogens is 1. The second kappa shape index (κ2) is 6.49. The summed E-state index contributed by atoms with van der Waals surface area (Å²) >= 11 is 0. The first-order chi connectivity index (χ1) is 9.13. The molecule has 1 aromatic rings. The van der Waals surface area contributed by atoms with Crippen LogP contribution in [-0.4, -0.2) is 23.3 Å². The van der Waals surface area contributed by atoms with Crippen molar-refractivity contribution >= 4 is 0 Å². The molecule has 2 N–H and O–H groups in total. The molecule has 2 nitrogen and oxygen atoms in total. The Bertz CT molecular complexity index is 399. The molecule has 1 fully saturated rings. The van der Waals surface area contributed by atoms with Crippen molar-refractivity contribution in [1.29, 1.82) is 0 Å². The van der Waals surface area contributed by atoms with Gasteiger partial charge in [-0.2, -0.15) is 0 Å². The quantitative estimate of drug-likeness (QED) is 0.857. The maximum absolute atomic E-state index is 13.6. The van der Waals surface area contributed by atoms with Gasteiger partial charge in [-0.25, -0.2) is 4.39 Å². The SMILES string of the molecule is CCCNC1CCC(O)(Cc2ccccc2F)CC1. The fourth-order valence-corrected chi connectivity index (χ4v) is 2.88. The third kappa shape index (κ3) is 4.02. The first kappa shape index (κ1) is 14.5. The van der Waals surface area contributed by atoms with E-state index in [1.807, 2.05) is 6.07 Å². The summed E-state index contributed by atoms with van der Waals surface area (Å²) < 4.78 is 13.6. The van der Waals surface area contributed by atoms with Crippen LogP contribution in [0.1, 0.15) is 44.6 Å². The number of aliphatic hydroxyl groups is 1. The molecule has 0 saturated heterocycles. The molecule has 0 bridgehead atoms. The highest BCUT2D eigenvalue weighted by Crippen LogP contribution is 2.32. The minimum Gasteiger partial charge on any atom is -0.390 e. The second-order valence-corrected chi connectivity index (χ2v) is 5.72. The van der Waals surface area contributed by atoms with Crippen molar-refractivity contribution < 1.29 is 9.50 Å². The molecule has 19 heavy (non-hydrogen) atoms. The highest BCUT2D eigenvalue weighted by atomic mass is 19.1. The highest BCUT2D eigenvalue weighted by molar-refractivity contribution is 5.19. The van der Waals surface area contributed by atoms with Gasteiger partial charge in [-0.05, 0) is 50.3 Å². The van der Waals surface area contributed by atoms with Crippen LogP contribution in [0.15, 0.2) is 24.3 Å². The number of hydrogen-bond acceptors (Lipinski definition) is 2. The van der Waals surface area contributed by atoms with Crippen LogP contribution in [0.5, 0.6) is 0 Å². The summed E-state index contributed by atoms with van der Waals surface area (Å²) in [6.45, 7) is 3.20. The van der Waals surface area contributed by atoms with E-state index in [2.05, 4.69) is 12.2 Å². The Morgan fingerprint density at radius 3 is 2.63 bits per heavy atom. The van der Waals surface area contributed by atoms with Gasteiger partial charge in [0, 0.05) is 12.5 Å². The van der Waals surface area contributed by atoms with Gasteiger partial charge in [0.2, 0.25) is 0 Å². The maximum atomic E-state index is 13.6. The first-order valence-corrected chi connectivity index (χ1v) is 7.32. The van der Waals surface area contributed by atoms with Gasteiger partial charge in [-0.1, -0.05) is 25.1 Å². The normalized spacial score (nSPS) is 27.4. The largest absolute Gasteiger partial charge is 0.390 e. The van der Waals surface area contributed by atoms with Crippen molar-refractivity contribution in [3.8, 4) is 0 Å². The molecule has 1 aliphatic rings. The van der Waals surface area contributed by atoms with E-state index in [9.17, 15) is 9.50 Å². The molecule has 0 amide bonds. The fraction of sp³-hybridized carbons (Fsp3) is 0.625. The topological polar surface area (TPSA) is 32.3 Å². The average molecular weight is 265 g/mol. The van der Waals surface area contributed by atoms with Crippen LogP contribution in [-0.2, 0) is 6.42 Å². The standard InChI is InChI=1S/C16H24FNO/c1-2-11-18-14-7-9-16(19,10-8-14)12-13-5-3-4-6-15(13)17/h3-6,14,18-19H,2,7-12H2,1H3. The zero-order valence-corrected chi connectivity index (χ0v) is 11.7. The molecule has 0 aromatic heterocycles. The Balaban J connectivity index is 1.90. The molecule has 3 heteroatoms. The predicted octanol–water partition coefficient (Wildman–Crippen LogP) is 3.04. The Morgan fingerprint density at radius 1 is 1.32 bits per heavy atom. The minimum absolute atomic E-state index is 0.206. The lowest BCUT2D eigenvalue weighted by atomic mass is 9.78. The maximum Gasteiger partial charge on any atom is 0.126 e. The Morgan fingerprint density at radius 2 is 2.00 bits per heavy atom. The zero-order chi connectivity index (χ0) is 13.7. The summed E-state index contributed by atoms with van der Waals surface area (Å²) in [5.41, 5.74) is -0.1000. The van der Waals surface area contributed by atoms with E-state index in [4.69, 9.17) is 0 Å². The van der Waals surface area contributed by atoms with Gasteiger partial charge >= 0.3 is 0 Å². The lowest BCUT2D eigenvalue weighted by Crippen LogP contribution is -2.42. The molecule has 1 aromatic carbocycles. The number of rotatable bonds is 5. The van der Waals surface area contributed by atoms with E-state index in [0.29, 0.717) is 18.0 Å². The van der Waals surface area contributed by atoms with Crippen LogP contribution >= 0.6 is 0 Å². The van der Waals surface area contributed by atoms with Crippen LogP contribution in [0.4, 0.5) is 4.39 Å². The van der Waals surface area contributed by atoms with Gasteiger partial charge in [0.1, 0.15) is 5.82 Å². The van der Waals surface area contributed by atoms with Crippen molar-refractivity contribution in [2.75, 3.05) is 6.54 Å². The van der Waals surface area contributed by atoms with Gasteiger partial charge in [-0.15, -0.1) is 0 Å². The van der Waals surface area contributed by atoms with Crippen molar-refractivity contribution in [2.24, 2.45) is 0 Å². The third-order valence-corrected chi connectivity index (χ3v) is 4.08. The third-order valence-electron chi connectivity index (χ3n) is 4.08. The van der Waals surface area contributed by atoms with Crippen LogP contribution in [0.2, 0.25) is 0 Å². The summed E-state index contributed by atoms with van der Waals surface area (Å²) in [5, 5.41) is 14.1. The van der Waals surface area contributed by atoms with Gasteiger partial charge in [0.15, 0.2) is 0 Å². The van der Waals surface area contributed by atoms with Gasteiger partial charge in [0.05, 0.1) is 5.60 Å². The van der Waals surface area contributed by atoms with Crippen molar-refractivity contribution in [3.63, 3.8) is 0 Å². The Hall–Kier alpha value is -0.930. The van der Waals surface area contributed by atoms with E-state index in [1.54, 1.807) is 12.1 Å². The van der Waals surface area contributed by atoms with E-state index < -0.39 is 5.60 Å². The molecular weight excluding hydrogens is 241 g/mol. The lowest BCUT2D eigenvalue weighted by molar-refractivity contribution is -0.00371. The number of hydrogen-bond donors (Lipinski definition) is 2. The molecule has 2 rings (SSSR count). The Kier molecular flexibility index (Phi) is 4.94. The zero-order valence-electron chi connectivity index (χ0n) is 11.7. The molecule has 0 heterocycles. The molecular formula is C16H24FNO. The summed E-state index contributed by atoms with van der Waals surface area (Å²) in [5.74, 6) is -0.206. The predicted molar refractivity (Wildman–Crippen MR) is 75.6 cm³/mol. The molecule has 1 saturated carbocycles. The van der Waals surface area contributed by atoms with E-state index in [0.717, 1.165) is 38.6 Å². The minimum atomic E-state index is -0.730. The molecule has 0 unspecified atom stereocenters. The van der Waals surface area contributed by atoms with E-state index >= 15 is 0 Å². The summed E-state index contributed by atoms with van der Waals surface area (Å²) in [4.78, 5) is 0. The lowest BCUT2D eigenvalue weighted by Gasteiger charge is -2.36. The average Bonchev–Trinajstić information content (AvgIpc) is 2.41. The van der Waals surface area contributed by atoms with E-state index in [1.165, 1.54) is 6.07 Å². The smallest absolute Gasteiger partial charge is 0.126 e. The number of nitrogens with one attached hydrogen (secondary N) is 1. The molecule has 106 valence electrons. The molecule has 0 radical (unpaired) electrons. The first-order valence-electron chi connectivity index (χ1n) is 7.32. The van der Waals surface area contributed by atoms with Crippen molar-refractivity contribution in [1.82, 2.24) is 5.32 Å². The van der Waals surface area contributed by atoms with Crippen LogP contribution in [0, 0.1) is 5.82 Å². The van der Waals surface area contributed by atoms with Gasteiger partial charge in [-0.3, -0.25) is 0 Å². The van der Waals surface area contributed by atoms with Crippen LogP contribution in [0.25, 0.3) is 0 Å². The summed E-state index contributed by atoms with van der Waals surface area (Å²) in [6.07, 6.45) is 5.03. The number of benzene rings is 1. The summed E-state index contributed by atoms with van der Waals surface area (Å²) in [6, 6.07) is 7.27. The molecule has 0 spiro atoms. The summed E-state index contributed by atoms with van der Waals surface area (Å²) in [7, 11) is 0. The Labute approximate surface area is 115 Å². The van der Waals surface area contributed by atoms with Crippen LogP contribution in [0.3, 0.4) is 0 Å². The second-order valence-electron chi connectivity index (χ2n) is 5.72. The monoisotopic (exact) mass is 265 g/mol. The fourth-order valence-electron chi connectivity index (χ4n) is 2.88. The van der Waals surface area contributed by atoms with E-state index in [-0.39, 0.29) is 5.82 Å². The van der Waals surface area contributed by atoms with Crippen molar-refractivity contribution in [3.05, 3.63) is 35.6 Å². The molecule has 0 aliphatic heterocycles. The van der Waals surface area contributed by atoms with Gasteiger partial charge in [0.25, 0.3) is 0 Å². The van der Waals surface area contributed by atoms with Crippen molar-refractivity contribution in [2.45, 2.75) is 57.1 Å².